The summed E-state index contributed by atoms with van der Waals surface area (Å²) in [6, 6.07) is 13.9. The Balaban J connectivity index is 2.25. The fourth-order valence-electron chi connectivity index (χ4n) is 1.81. The highest BCUT2D eigenvalue weighted by Crippen LogP contribution is 2.29. The van der Waals surface area contributed by atoms with Gasteiger partial charge in [0.1, 0.15) is 0 Å². The van der Waals surface area contributed by atoms with Crippen LogP contribution >= 0.6 is 11.3 Å². The van der Waals surface area contributed by atoms with E-state index in [0.29, 0.717) is 13.0 Å². The molecule has 2 rings (SSSR count). The Kier molecular flexibility index (Phi) is 4.32. The first kappa shape index (κ1) is 13.3. The molecule has 0 saturated carbocycles. The molecule has 0 aliphatic carbocycles. The van der Waals surface area contributed by atoms with E-state index in [4.69, 9.17) is 5.26 Å². The zero-order valence-electron chi connectivity index (χ0n) is 10.7. The predicted molar refractivity (Wildman–Crippen MR) is 76.9 cm³/mol. The number of hydrogen-bond acceptors (Lipinski definition) is 3. The van der Waals surface area contributed by atoms with E-state index in [1.54, 1.807) is 11.9 Å². The Hall–Kier alpha value is -2.12. The Bertz CT molecular complexity index is 598. The van der Waals surface area contributed by atoms with Crippen LogP contribution in [0.25, 0.3) is 11.1 Å². The summed E-state index contributed by atoms with van der Waals surface area (Å²) in [7, 11) is 1.73. The van der Waals surface area contributed by atoms with Crippen LogP contribution in [-0.2, 0) is 0 Å². The molecule has 0 N–H and O–H groups in total. The number of hydrogen-bond donors (Lipinski definition) is 0. The fourth-order valence-corrected chi connectivity index (χ4v) is 2.72. The van der Waals surface area contributed by atoms with Gasteiger partial charge in [-0.2, -0.15) is 5.26 Å². The summed E-state index contributed by atoms with van der Waals surface area (Å²) in [4.78, 5) is 14.7. The maximum Gasteiger partial charge on any atom is 0.264 e. The van der Waals surface area contributed by atoms with Crippen LogP contribution in [0.5, 0.6) is 0 Å². The number of carbonyl (C=O) groups is 1. The first-order chi connectivity index (χ1) is 9.24. The first-order valence-corrected chi connectivity index (χ1v) is 6.87. The van der Waals surface area contributed by atoms with Crippen molar-refractivity contribution in [1.29, 1.82) is 5.26 Å². The molecule has 1 aromatic carbocycles. The van der Waals surface area contributed by atoms with Crippen molar-refractivity contribution in [2.45, 2.75) is 6.42 Å². The summed E-state index contributed by atoms with van der Waals surface area (Å²) in [6.45, 7) is 0.460. The highest BCUT2D eigenvalue weighted by molar-refractivity contribution is 7.12. The molecule has 1 amide bonds. The van der Waals surface area contributed by atoms with E-state index >= 15 is 0 Å². The molecule has 3 nitrogen and oxygen atoms in total. The second-order valence-electron chi connectivity index (χ2n) is 4.16. The summed E-state index contributed by atoms with van der Waals surface area (Å²) in [6.07, 6.45) is 0.355. The highest BCUT2D eigenvalue weighted by Gasteiger charge is 2.17. The number of amides is 1. The molecule has 0 radical (unpaired) electrons. The second kappa shape index (κ2) is 6.17. The molecule has 0 fully saturated rings. The molecule has 0 spiro atoms. The van der Waals surface area contributed by atoms with Crippen molar-refractivity contribution in [3.05, 3.63) is 46.7 Å². The van der Waals surface area contributed by atoms with E-state index in [0.717, 1.165) is 16.0 Å². The maximum absolute atomic E-state index is 12.3. The summed E-state index contributed by atoms with van der Waals surface area (Å²) in [5.74, 6) is -0.0240. The van der Waals surface area contributed by atoms with Gasteiger partial charge in [-0.25, -0.2) is 0 Å². The molecule has 0 bridgehead atoms. The highest BCUT2D eigenvalue weighted by atomic mass is 32.1. The van der Waals surface area contributed by atoms with E-state index in [1.165, 1.54) is 11.3 Å². The van der Waals surface area contributed by atoms with Gasteiger partial charge in [0.2, 0.25) is 0 Å². The monoisotopic (exact) mass is 270 g/mol. The molecule has 96 valence electrons. The lowest BCUT2D eigenvalue weighted by atomic mass is 10.1. The van der Waals surface area contributed by atoms with E-state index < -0.39 is 0 Å². The molecule has 19 heavy (non-hydrogen) atoms. The lowest BCUT2D eigenvalue weighted by Gasteiger charge is -2.15. The van der Waals surface area contributed by atoms with Crippen LogP contribution in [-0.4, -0.2) is 24.4 Å². The summed E-state index contributed by atoms with van der Waals surface area (Å²) < 4.78 is 0. The SMILES string of the molecule is CN(CCC#N)C(=O)c1sccc1-c1ccccc1. The zero-order chi connectivity index (χ0) is 13.7. The van der Waals surface area contributed by atoms with Crippen LogP contribution in [0.15, 0.2) is 41.8 Å². The second-order valence-corrected chi connectivity index (χ2v) is 5.08. The van der Waals surface area contributed by atoms with Crippen molar-refractivity contribution in [3.63, 3.8) is 0 Å². The molecular formula is C15H14N2OS. The molecule has 1 aromatic heterocycles. The standard InChI is InChI=1S/C15H14N2OS/c1-17(10-5-9-16)15(18)14-13(8-11-19-14)12-6-3-2-4-7-12/h2-4,6-8,11H,5,10H2,1H3. The van der Waals surface area contributed by atoms with Crippen molar-refractivity contribution in [2.24, 2.45) is 0 Å². The minimum Gasteiger partial charge on any atom is -0.340 e. The zero-order valence-corrected chi connectivity index (χ0v) is 11.5. The Morgan fingerprint density at radius 3 is 2.74 bits per heavy atom. The number of benzene rings is 1. The van der Waals surface area contributed by atoms with Gasteiger partial charge in [-0.3, -0.25) is 4.79 Å². The first-order valence-electron chi connectivity index (χ1n) is 5.99. The lowest BCUT2D eigenvalue weighted by molar-refractivity contribution is 0.0803. The van der Waals surface area contributed by atoms with Gasteiger partial charge in [0.15, 0.2) is 0 Å². The van der Waals surface area contributed by atoms with Crippen molar-refractivity contribution in [3.8, 4) is 17.2 Å². The van der Waals surface area contributed by atoms with Gasteiger partial charge in [0, 0.05) is 19.2 Å². The molecule has 0 unspecified atom stereocenters. The fraction of sp³-hybridized carbons (Fsp3) is 0.200. The molecule has 0 atom stereocenters. The summed E-state index contributed by atoms with van der Waals surface area (Å²) in [5.41, 5.74) is 2.00. The van der Waals surface area contributed by atoms with E-state index in [2.05, 4.69) is 6.07 Å². The van der Waals surface area contributed by atoms with E-state index in [1.807, 2.05) is 41.8 Å². The van der Waals surface area contributed by atoms with Crippen LogP contribution in [0.1, 0.15) is 16.1 Å². The third-order valence-electron chi connectivity index (χ3n) is 2.85. The number of thiophene rings is 1. The summed E-state index contributed by atoms with van der Waals surface area (Å²) in [5, 5.41) is 10.5. The van der Waals surface area contributed by atoms with Crippen LogP contribution in [0.2, 0.25) is 0 Å². The van der Waals surface area contributed by atoms with Gasteiger partial charge in [-0.05, 0) is 17.0 Å². The lowest BCUT2D eigenvalue weighted by Crippen LogP contribution is -2.27. The van der Waals surface area contributed by atoms with Gasteiger partial charge in [-0.1, -0.05) is 30.3 Å². The smallest absolute Gasteiger partial charge is 0.264 e. The van der Waals surface area contributed by atoms with Crippen LogP contribution in [0, 0.1) is 11.3 Å². The van der Waals surface area contributed by atoms with Crippen molar-refractivity contribution >= 4 is 17.2 Å². The minimum absolute atomic E-state index is 0.0240. The Labute approximate surface area is 116 Å². The van der Waals surface area contributed by atoms with Gasteiger partial charge in [0.05, 0.1) is 17.4 Å². The number of carbonyl (C=O) groups excluding carboxylic acids is 1. The average Bonchev–Trinajstić information content (AvgIpc) is 2.94. The van der Waals surface area contributed by atoms with Gasteiger partial charge in [0.25, 0.3) is 5.91 Å². The third-order valence-corrected chi connectivity index (χ3v) is 3.75. The number of nitrogens with zero attached hydrogens (tertiary/aromatic N) is 2. The maximum atomic E-state index is 12.3. The van der Waals surface area contributed by atoms with Gasteiger partial charge in [-0.15, -0.1) is 11.3 Å². The topological polar surface area (TPSA) is 44.1 Å². The Morgan fingerprint density at radius 2 is 2.05 bits per heavy atom. The number of nitriles is 1. The third kappa shape index (κ3) is 3.01. The molecule has 0 aliphatic heterocycles. The van der Waals surface area contributed by atoms with Gasteiger partial charge >= 0.3 is 0 Å². The molecule has 0 saturated heterocycles. The van der Waals surface area contributed by atoms with E-state index in [9.17, 15) is 4.79 Å². The largest absolute Gasteiger partial charge is 0.340 e. The molecule has 2 aromatic rings. The summed E-state index contributed by atoms with van der Waals surface area (Å²) >= 11 is 1.44. The van der Waals surface area contributed by atoms with Gasteiger partial charge < -0.3 is 4.90 Å². The number of rotatable bonds is 4. The van der Waals surface area contributed by atoms with Crippen molar-refractivity contribution in [2.75, 3.05) is 13.6 Å². The molecule has 1 heterocycles. The molecule has 0 aliphatic rings. The minimum atomic E-state index is -0.0240. The van der Waals surface area contributed by atoms with Crippen LogP contribution in [0.4, 0.5) is 0 Å². The van der Waals surface area contributed by atoms with Crippen molar-refractivity contribution < 1.29 is 4.79 Å². The molecule has 4 heteroatoms. The Morgan fingerprint density at radius 1 is 1.32 bits per heavy atom. The molecular weight excluding hydrogens is 256 g/mol. The average molecular weight is 270 g/mol. The van der Waals surface area contributed by atoms with E-state index in [-0.39, 0.29) is 5.91 Å². The predicted octanol–water partition coefficient (Wildman–Crippen LogP) is 3.40. The van der Waals surface area contributed by atoms with Crippen LogP contribution in [0.3, 0.4) is 0 Å². The van der Waals surface area contributed by atoms with Crippen molar-refractivity contribution in [1.82, 2.24) is 4.90 Å². The normalized spacial score (nSPS) is 9.89. The van der Waals surface area contributed by atoms with Crippen LogP contribution < -0.4 is 0 Å². The quantitative estimate of drug-likeness (QED) is 0.854.